The number of rotatable bonds is 5. The third-order valence-corrected chi connectivity index (χ3v) is 5.07. The van der Waals surface area contributed by atoms with Crippen LogP contribution in [0.1, 0.15) is 22.3 Å². The molecule has 1 atom stereocenters. The highest BCUT2D eigenvalue weighted by molar-refractivity contribution is 7.09. The number of halogens is 3. The van der Waals surface area contributed by atoms with Crippen molar-refractivity contribution in [3.63, 3.8) is 0 Å². The van der Waals surface area contributed by atoms with Crippen LogP contribution >= 0.6 is 47.8 Å². The van der Waals surface area contributed by atoms with Gasteiger partial charge in [0.05, 0.1) is 12.3 Å². The zero-order chi connectivity index (χ0) is 15.4. The van der Waals surface area contributed by atoms with Gasteiger partial charge in [-0.15, -0.1) is 36.2 Å². The molecule has 0 radical (unpaired) electrons. The molecule has 0 amide bonds. The maximum absolute atomic E-state index is 6.39. The Bertz CT molecular complexity index is 626. The highest BCUT2D eigenvalue weighted by Crippen LogP contribution is 2.29. The number of nitrogens with one attached hydrogen (secondary N) is 1. The second kappa shape index (κ2) is 10.6. The van der Waals surface area contributed by atoms with E-state index in [1.807, 2.05) is 18.2 Å². The predicted octanol–water partition coefficient (Wildman–Crippen LogP) is 3.93. The molecule has 134 valence electrons. The predicted molar refractivity (Wildman–Crippen MR) is 105 cm³/mol. The fraction of sp³-hybridized carbons (Fsp3) is 0.438. The molecule has 0 bridgehead atoms. The van der Waals surface area contributed by atoms with E-state index < -0.39 is 0 Å². The van der Waals surface area contributed by atoms with E-state index in [4.69, 9.17) is 16.3 Å². The summed E-state index contributed by atoms with van der Waals surface area (Å²) in [6.07, 6.45) is 0. The summed E-state index contributed by atoms with van der Waals surface area (Å²) in [5.74, 6) is 0. The zero-order valence-electron chi connectivity index (χ0n) is 13.4. The van der Waals surface area contributed by atoms with Crippen LogP contribution in [0.15, 0.2) is 29.6 Å². The third-order valence-electron chi connectivity index (χ3n) is 3.85. The van der Waals surface area contributed by atoms with Crippen LogP contribution in [0.4, 0.5) is 0 Å². The SMILES string of the molecule is COCc1nc(CN2CCNCC2c2ccccc2Cl)cs1.Cl.Cl. The number of aromatic nitrogens is 1. The van der Waals surface area contributed by atoms with Gasteiger partial charge in [-0.3, -0.25) is 4.90 Å². The molecular formula is C16H22Cl3N3OS. The average molecular weight is 411 g/mol. The first-order valence-electron chi connectivity index (χ1n) is 7.39. The lowest BCUT2D eigenvalue weighted by atomic mass is 10.0. The highest BCUT2D eigenvalue weighted by Gasteiger charge is 2.25. The molecule has 3 rings (SSSR count). The maximum Gasteiger partial charge on any atom is 0.119 e. The van der Waals surface area contributed by atoms with Gasteiger partial charge in [-0.1, -0.05) is 29.8 Å². The first-order chi connectivity index (χ1) is 10.8. The highest BCUT2D eigenvalue weighted by atomic mass is 35.5. The molecule has 1 aliphatic rings. The molecule has 0 saturated carbocycles. The van der Waals surface area contributed by atoms with Crippen molar-refractivity contribution >= 4 is 47.8 Å². The molecule has 1 saturated heterocycles. The van der Waals surface area contributed by atoms with Gasteiger partial charge in [-0.2, -0.15) is 0 Å². The molecule has 2 aromatic rings. The smallest absolute Gasteiger partial charge is 0.119 e. The van der Waals surface area contributed by atoms with Crippen LogP contribution in [-0.2, 0) is 17.9 Å². The Morgan fingerprint density at radius 2 is 2.17 bits per heavy atom. The number of benzene rings is 1. The van der Waals surface area contributed by atoms with Crippen LogP contribution in [0, 0.1) is 0 Å². The summed E-state index contributed by atoms with van der Waals surface area (Å²) in [7, 11) is 1.70. The number of methoxy groups -OCH3 is 1. The summed E-state index contributed by atoms with van der Waals surface area (Å²) in [6.45, 7) is 4.33. The molecule has 1 aliphatic heterocycles. The van der Waals surface area contributed by atoms with E-state index in [0.29, 0.717) is 6.61 Å². The Kier molecular flexibility index (Phi) is 9.52. The van der Waals surface area contributed by atoms with Crippen LogP contribution in [0.3, 0.4) is 0 Å². The molecule has 1 N–H and O–H groups in total. The van der Waals surface area contributed by atoms with E-state index in [1.165, 1.54) is 5.56 Å². The van der Waals surface area contributed by atoms with Crippen molar-refractivity contribution in [1.29, 1.82) is 0 Å². The van der Waals surface area contributed by atoms with Crippen LogP contribution < -0.4 is 5.32 Å². The fourth-order valence-electron chi connectivity index (χ4n) is 2.81. The normalized spacial score (nSPS) is 17.8. The second-order valence-electron chi connectivity index (χ2n) is 5.38. The Labute approximate surface area is 164 Å². The van der Waals surface area contributed by atoms with E-state index in [9.17, 15) is 0 Å². The van der Waals surface area contributed by atoms with Crippen molar-refractivity contribution in [2.75, 3.05) is 26.7 Å². The number of ether oxygens (including phenoxy) is 1. The molecule has 2 heterocycles. The third kappa shape index (κ3) is 5.30. The molecule has 0 aliphatic carbocycles. The zero-order valence-corrected chi connectivity index (χ0v) is 16.6. The summed E-state index contributed by atoms with van der Waals surface area (Å²) in [5, 5.41) is 7.45. The average Bonchev–Trinajstić information content (AvgIpc) is 2.96. The van der Waals surface area contributed by atoms with E-state index in [0.717, 1.165) is 41.9 Å². The summed E-state index contributed by atoms with van der Waals surface area (Å²) in [5.41, 5.74) is 2.29. The summed E-state index contributed by atoms with van der Waals surface area (Å²) in [6, 6.07) is 8.39. The standard InChI is InChI=1S/C16H20ClN3OS.2ClH/c1-21-10-16-19-12(11-22-16)9-20-7-6-18-8-15(20)13-4-2-3-5-14(13)17;;/h2-5,11,15,18H,6-10H2,1H3;2*1H. The molecule has 0 spiro atoms. The first kappa shape index (κ1) is 21.6. The topological polar surface area (TPSA) is 37.4 Å². The van der Waals surface area contributed by atoms with Crippen molar-refractivity contribution in [3.8, 4) is 0 Å². The van der Waals surface area contributed by atoms with Gasteiger partial charge in [0.25, 0.3) is 0 Å². The van der Waals surface area contributed by atoms with Crippen LogP contribution in [0.2, 0.25) is 5.02 Å². The summed E-state index contributed by atoms with van der Waals surface area (Å²) < 4.78 is 5.14. The Balaban J connectivity index is 0.00000144. The quantitative estimate of drug-likeness (QED) is 0.810. The lowest BCUT2D eigenvalue weighted by molar-refractivity contribution is 0.151. The second-order valence-corrected chi connectivity index (χ2v) is 6.73. The van der Waals surface area contributed by atoms with E-state index >= 15 is 0 Å². The van der Waals surface area contributed by atoms with Crippen LogP contribution in [0.25, 0.3) is 0 Å². The van der Waals surface area contributed by atoms with E-state index in [1.54, 1.807) is 18.4 Å². The van der Waals surface area contributed by atoms with Crippen molar-refractivity contribution in [3.05, 3.63) is 50.9 Å². The minimum Gasteiger partial charge on any atom is -0.378 e. The van der Waals surface area contributed by atoms with Crippen molar-refractivity contribution in [2.45, 2.75) is 19.2 Å². The summed E-state index contributed by atoms with van der Waals surface area (Å²) in [4.78, 5) is 7.09. The molecule has 1 fully saturated rings. The van der Waals surface area contributed by atoms with Crippen LogP contribution in [-0.4, -0.2) is 36.6 Å². The Morgan fingerprint density at radius 1 is 1.38 bits per heavy atom. The molecule has 1 aromatic carbocycles. The Morgan fingerprint density at radius 3 is 2.92 bits per heavy atom. The van der Waals surface area contributed by atoms with Gasteiger partial charge >= 0.3 is 0 Å². The molecular weight excluding hydrogens is 389 g/mol. The number of piperazine rings is 1. The molecule has 4 nitrogen and oxygen atoms in total. The van der Waals surface area contributed by atoms with Gasteiger partial charge in [0, 0.05) is 49.7 Å². The van der Waals surface area contributed by atoms with Crippen molar-refractivity contribution in [1.82, 2.24) is 15.2 Å². The lowest BCUT2D eigenvalue weighted by Crippen LogP contribution is -2.45. The number of hydrogen-bond donors (Lipinski definition) is 1. The Hall–Kier alpha value is -0.400. The molecule has 8 heteroatoms. The summed E-state index contributed by atoms with van der Waals surface area (Å²) >= 11 is 8.05. The van der Waals surface area contributed by atoms with Crippen LogP contribution in [0.5, 0.6) is 0 Å². The first-order valence-corrected chi connectivity index (χ1v) is 8.65. The lowest BCUT2D eigenvalue weighted by Gasteiger charge is -2.36. The molecule has 1 aromatic heterocycles. The van der Waals surface area contributed by atoms with Gasteiger partial charge < -0.3 is 10.1 Å². The van der Waals surface area contributed by atoms with Gasteiger partial charge in [-0.05, 0) is 11.6 Å². The minimum absolute atomic E-state index is 0. The molecule has 1 unspecified atom stereocenters. The monoisotopic (exact) mass is 409 g/mol. The minimum atomic E-state index is 0. The number of nitrogens with zero attached hydrogens (tertiary/aromatic N) is 2. The maximum atomic E-state index is 6.39. The van der Waals surface area contributed by atoms with E-state index in [-0.39, 0.29) is 30.9 Å². The van der Waals surface area contributed by atoms with Gasteiger partial charge in [0.15, 0.2) is 0 Å². The van der Waals surface area contributed by atoms with Gasteiger partial charge in [0.2, 0.25) is 0 Å². The number of hydrogen-bond acceptors (Lipinski definition) is 5. The van der Waals surface area contributed by atoms with Crippen molar-refractivity contribution in [2.24, 2.45) is 0 Å². The largest absolute Gasteiger partial charge is 0.378 e. The number of thiazole rings is 1. The van der Waals surface area contributed by atoms with Gasteiger partial charge in [-0.25, -0.2) is 4.98 Å². The molecule has 24 heavy (non-hydrogen) atoms. The van der Waals surface area contributed by atoms with E-state index in [2.05, 4.69) is 26.6 Å². The fourth-order valence-corrected chi connectivity index (χ4v) is 3.82. The van der Waals surface area contributed by atoms with Crippen molar-refractivity contribution < 1.29 is 4.74 Å². The van der Waals surface area contributed by atoms with Gasteiger partial charge in [0.1, 0.15) is 5.01 Å².